The number of anilines is 1. The lowest BCUT2D eigenvalue weighted by molar-refractivity contribution is 0.413. The van der Waals surface area contributed by atoms with Crippen molar-refractivity contribution in [1.29, 1.82) is 0 Å². The van der Waals surface area contributed by atoms with Crippen molar-refractivity contribution in [2.45, 2.75) is 6.42 Å². The van der Waals surface area contributed by atoms with Crippen LogP contribution in [-0.4, -0.2) is 32.6 Å². The zero-order chi connectivity index (χ0) is 10.6. The molecule has 2 N–H and O–H groups in total. The first-order chi connectivity index (χ1) is 6.59. The minimum Gasteiger partial charge on any atom is -0.314 e. The zero-order valence-corrected chi connectivity index (χ0v) is 9.20. The van der Waals surface area contributed by atoms with Crippen molar-refractivity contribution in [1.82, 2.24) is 4.90 Å². The van der Waals surface area contributed by atoms with Crippen LogP contribution in [0.3, 0.4) is 0 Å². The fraction of sp³-hybridized carbons (Fsp3) is 0.455. The molecule has 0 fully saturated rings. The van der Waals surface area contributed by atoms with Crippen LogP contribution in [0.5, 0.6) is 0 Å². The summed E-state index contributed by atoms with van der Waals surface area (Å²) in [6.07, 6.45) is 1.06. The maximum absolute atomic E-state index is 5.66. The molecule has 0 aromatic heterocycles. The van der Waals surface area contributed by atoms with Crippen molar-refractivity contribution >= 4 is 5.69 Å². The molecular formula is C11H19N3. The second kappa shape index (κ2) is 4.98. The van der Waals surface area contributed by atoms with Gasteiger partial charge in [0.1, 0.15) is 0 Å². The van der Waals surface area contributed by atoms with E-state index < -0.39 is 0 Å². The van der Waals surface area contributed by atoms with Crippen molar-refractivity contribution in [2.24, 2.45) is 5.84 Å². The molecule has 0 aliphatic heterocycles. The topological polar surface area (TPSA) is 32.5 Å². The third kappa shape index (κ3) is 3.36. The van der Waals surface area contributed by atoms with Crippen LogP contribution < -0.4 is 10.9 Å². The molecule has 0 saturated heterocycles. The standard InChI is InChI=1S/C11H19N3/c1-13(2)8-7-10-5-4-6-11(9-10)14(3)12/h4-6,9H,7-8,12H2,1-3H3. The Balaban J connectivity index is 2.64. The van der Waals surface area contributed by atoms with Crippen LogP contribution >= 0.6 is 0 Å². The summed E-state index contributed by atoms with van der Waals surface area (Å²) in [6, 6.07) is 8.32. The molecule has 1 aromatic carbocycles. The highest BCUT2D eigenvalue weighted by Crippen LogP contribution is 2.12. The number of nitrogens with zero attached hydrogens (tertiary/aromatic N) is 2. The van der Waals surface area contributed by atoms with E-state index in [1.807, 2.05) is 19.2 Å². The molecule has 0 aliphatic rings. The molecule has 78 valence electrons. The van der Waals surface area contributed by atoms with Gasteiger partial charge in [-0.1, -0.05) is 12.1 Å². The van der Waals surface area contributed by atoms with Gasteiger partial charge in [-0.15, -0.1) is 0 Å². The van der Waals surface area contributed by atoms with Gasteiger partial charge in [-0.2, -0.15) is 0 Å². The average Bonchev–Trinajstić information content (AvgIpc) is 2.15. The molecule has 0 aliphatic carbocycles. The second-order valence-electron chi connectivity index (χ2n) is 3.83. The van der Waals surface area contributed by atoms with E-state index >= 15 is 0 Å². The van der Waals surface area contributed by atoms with Crippen LogP contribution in [0.1, 0.15) is 5.56 Å². The molecule has 0 bridgehead atoms. The first-order valence-corrected chi connectivity index (χ1v) is 4.81. The fourth-order valence-electron chi connectivity index (χ4n) is 1.28. The minimum atomic E-state index is 1.06. The lowest BCUT2D eigenvalue weighted by atomic mass is 10.1. The molecule has 0 saturated carbocycles. The number of benzene rings is 1. The quantitative estimate of drug-likeness (QED) is 0.574. The summed E-state index contributed by atoms with van der Waals surface area (Å²) >= 11 is 0. The molecule has 0 unspecified atom stereocenters. The van der Waals surface area contributed by atoms with E-state index in [0.717, 1.165) is 18.7 Å². The molecular weight excluding hydrogens is 174 g/mol. The zero-order valence-electron chi connectivity index (χ0n) is 9.20. The van der Waals surface area contributed by atoms with E-state index in [1.165, 1.54) is 5.56 Å². The Bertz CT molecular complexity index is 282. The van der Waals surface area contributed by atoms with Gasteiger partial charge in [0.2, 0.25) is 0 Å². The van der Waals surface area contributed by atoms with Gasteiger partial charge in [-0.3, -0.25) is 0 Å². The number of nitrogens with two attached hydrogens (primary N) is 1. The third-order valence-corrected chi connectivity index (χ3v) is 2.17. The fourth-order valence-corrected chi connectivity index (χ4v) is 1.28. The van der Waals surface area contributed by atoms with E-state index in [1.54, 1.807) is 5.01 Å². The van der Waals surface area contributed by atoms with Crippen LogP contribution in [0.2, 0.25) is 0 Å². The van der Waals surface area contributed by atoms with E-state index in [9.17, 15) is 0 Å². The van der Waals surface area contributed by atoms with Gasteiger partial charge in [0.25, 0.3) is 0 Å². The Labute approximate surface area is 86.1 Å². The van der Waals surface area contributed by atoms with Crippen LogP contribution in [0.15, 0.2) is 24.3 Å². The number of likely N-dealkylation sites (N-methyl/N-ethyl adjacent to an activating group) is 1. The summed E-state index contributed by atoms with van der Waals surface area (Å²) in [7, 11) is 6.02. The number of hydrogen-bond acceptors (Lipinski definition) is 3. The maximum atomic E-state index is 5.66. The van der Waals surface area contributed by atoms with Crippen molar-refractivity contribution in [2.75, 3.05) is 32.7 Å². The van der Waals surface area contributed by atoms with Gasteiger partial charge in [0.15, 0.2) is 0 Å². The molecule has 0 atom stereocenters. The molecule has 1 rings (SSSR count). The van der Waals surface area contributed by atoms with E-state index in [0.29, 0.717) is 0 Å². The van der Waals surface area contributed by atoms with Crippen molar-refractivity contribution < 1.29 is 0 Å². The number of rotatable bonds is 4. The second-order valence-corrected chi connectivity index (χ2v) is 3.83. The van der Waals surface area contributed by atoms with Crippen LogP contribution in [0.4, 0.5) is 5.69 Å². The largest absolute Gasteiger partial charge is 0.314 e. The molecule has 0 spiro atoms. The molecule has 3 heteroatoms. The van der Waals surface area contributed by atoms with E-state index in [4.69, 9.17) is 5.84 Å². The Morgan fingerprint density at radius 1 is 1.21 bits per heavy atom. The van der Waals surface area contributed by atoms with Crippen LogP contribution in [0.25, 0.3) is 0 Å². The predicted molar refractivity (Wildman–Crippen MR) is 61.3 cm³/mol. The van der Waals surface area contributed by atoms with Crippen molar-refractivity contribution in [3.05, 3.63) is 29.8 Å². The molecule has 0 heterocycles. The van der Waals surface area contributed by atoms with Crippen molar-refractivity contribution in [3.8, 4) is 0 Å². The first kappa shape index (κ1) is 11.0. The lowest BCUT2D eigenvalue weighted by Gasteiger charge is -2.14. The molecule has 1 aromatic rings. The Hall–Kier alpha value is -1.06. The van der Waals surface area contributed by atoms with Crippen LogP contribution in [-0.2, 0) is 6.42 Å². The SMILES string of the molecule is CN(C)CCc1cccc(N(C)N)c1. The van der Waals surface area contributed by atoms with Gasteiger partial charge in [0.05, 0.1) is 5.69 Å². The maximum Gasteiger partial charge on any atom is 0.0516 e. The van der Waals surface area contributed by atoms with Crippen molar-refractivity contribution in [3.63, 3.8) is 0 Å². The Kier molecular flexibility index (Phi) is 3.92. The van der Waals surface area contributed by atoms with Gasteiger partial charge in [-0.05, 0) is 38.2 Å². The molecule has 0 amide bonds. The summed E-state index contributed by atoms with van der Waals surface area (Å²) in [6.45, 7) is 1.07. The summed E-state index contributed by atoms with van der Waals surface area (Å²) in [4.78, 5) is 2.18. The lowest BCUT2D eigenvalue weighted by Crippen LogP contribution is -2.25. The average molecular weight is 193 g/mol. The van der Waals surface area contributed by atoms with Gasteiger partial charge in [-0.25, -0.2) is 5.84 Å². The summed E-state index contributed by atoms with van der Waals surface area (Å²) in [5, 5.41) is 1.64. The highest BCUT2D eigenvalue weighted by Gasteiger charge is 1.98. The summed E-state index contributed by atoms with van der Waals surface area (Å²) in [5.41, 5.74) is 2.38. The third-order valence-electron chi connectivity index (χ3n) is 2.17. The normalized spacial score (nSPS) is 10.6. The highest BCUT2D eigenvalue weighted by molar-refractivity contribution is 5.46. The monoisotopic (exact) mass is 193 g/mol. The first-order valence-electron chi connectivity index (χ1n) is 4.81. The smallest absolute Gasteiger partial charge is 0.0516 e. The Morgan fingerprint density at radius 3 is 2.50 bits per heavy atom. The van der Waals surface area contributed by atoms with E-state index in [-0.39, 0.29) is 0 Å². The van der Waals surface area contributed by atoms with E-state index in [2.05, 4.69) is 31.1 Å². The van der Waals surface area contributed by atoms with Gasteiger partial charge >= 0.3 is 0 Å². The molecule has 14 heavy (non-hydrogen) atoms. The molecule has 3 nitrogen and oxygen atoms in total. The van der Waals surface area contributed by atoms with Crippen LogP contribution in [0, 0.1) is 0 Å². The molecule has 0 radical (unpaired) electrons. The summed E-state index contributed by atoms with van der Waals surface area (Å²) < 4.78 is 0. The number of hydrogen-bond donors (Lipinski definition) is 1. The minimum absolute atomic E-state index is 1.06. The van der Waals surface area contributed by atoms with Gasteiger partial charge < -0.3 is 9.91 Å². The van der Waals surface area contributed by atoms with Gasteiger partial charge in [0, 0.05) is 13.6 Å². The number of hydrazine groups is 1. The Morgan fingerprint density at radius 2 is 1.93 bits per heavy atom. The summed E-state index contributed by atoms with van der Waals surface area (Å²) in [5.74, 6) is 5.66. The predicted octanol–water partition coefficient (Wildman–Crippen LogP) is 1.10. The highest BCUT2D eigenvalue weighted by atomic mass is 15.4.